The minimum Gasteiger partial charge on any atom is -0.496 e. The second kappa shape index (κ2) is 6.78. The molecule has 0 aliphatic carbocycles. The standard InChI is InChI=1S/C16H17ClFNO2/c1-10(19)14-8-13(18)4-6-16(14)21-9-11-7-12(17)3-5-15(11)20-2/h3-8,10H,9,19H2,1-2H3/t10-/m1/s1. The van der Waals surface area contributed by atoms with E-state index >= 15 is 0 Å². The van der Waals surface area contributed by atoms with Crippen molar-refractivity contribution in [3.05, 3.63) is 58.4 Å². The number of halogens is 2. The molecule has 5 heteroatoms. The van der Waals surface area contributed by atoms with Crippen LogP contribution in [0.1, 0.15) is 24.1 Å². The first-order chi connectivity index (χ1) is 10.0. The van der Waals surface area contributed by atoms with Crippen LogP contribution in [0.4, 0.5) is 4.39 Å². The van der Waals surface area contributed by atoms with Crippen molar-refractivity contribution >= 4 is 11.6 Å². The molecule has 3 nitrogen and oxygen atoms in total. The Hall–Kier alpha value is -1.78. The van der Waals surface area contributed by atoms with E-state index < -0.39 is 0 Å². The lowest BCUT2D eigenvalue weighted by Crippen LogP contribution is -2.09. The summed E-state index contributed by atoms with van der Waals surface area (Å²) in [4.78, 5) is 0. The highest BCUT2D eigenvalue weighted by molar-refractivity contribution is 6.30. The molecule has 0 unspecified atom stereocenters. The summed E-state index contributed by atoms with van der Waals surface area (Å²) in [5.41, 5.74) is 7.27. The zero-order valence-electron chi connectivity index (χ0n) is 11.9. The molecule has 0 heterocycles. The van der Waals surface area contributed by atoms with Crippen LogP contribution in [0.2, 0.25) is 5.02 Å². The van der Waals surface area contributed by atoms with Crippen LogP contribution in [0.5, 0.6) is 11.5 Å². The van der Waals surface area contributed by atoms with E-state index in [4.69, 9.17) is 26.8 Å². The van der Waals surface area contributed by atoms with E-state index in [0.29, 0.717) is 22.1 Å². The van der Waals surface area contributed by atoms with Gasteiger partial charge in [-0.25, -0.2) is 4.39 Å². The maximum Gasteiger partial charge on any atom is 0.125 e. The van der Waals surface area contributed by atoms with Crippen molar-refractivity contribution in [2.45, 2.75) is 19.6 Å². The first-order valence-corrected chi connectivity index (χ1v) is 6.89. The summed E-state index contributed by atoms with van der Waals surface area (Å²) < 4.78 is 24.3. The van der Waals surface area contributed by atoms with Crippen molar-refractivity contribution in [3.8, 4) is 11.5 Å². The molecule has 0 amide bonds. The van der Waals surface area contributed by atoms with E-state index in [1.54, 1.807) is 38.3 Å². The smallest absolute Gasteiger partial charge is 0.125 e. The van der Waals surface area contributed by atoms with Crippen molar-refractivity contribution < 1.29 is 13.9 Å². The molecule has 0 saturated carbocycles. The second-order valence-corrected chi connectivity index (χ2v) is 5.15. The zero-order chi connectivity index (χ0) is 15.4. The minimum absolute atomic E-state index is 0.259. The van der Waals surface area contributed by atoms with Gasteiger partial charge in [0.05, 0.1) is 7.11 Å². The predicted octanol–water partition coefficient (Wildman–Crippen LogP) is 4.09. The van der Waals surface area contributed by atoms with Crippen LogP contribution in [-0.2, 0) is 6.61 Å². The van der Waals surface area contributed by atoms with Gasteiger partial charge in [-0.3, -0.25) is 0 Å². The molecule has 0 spiro atoms. The molecule has 0 aliphatic rings. The van der Waals surface area contributed by atoms with Crippen LogP contribution in [0.15, 0.2) is 36.4 Å². The van der Waals surface area contributed by atoms with E-state index in [0.717, 1.165) is 5.56 Å². The Kier molecular flexibility index (Phi) is 5.04. The molecular weight excluding hydrogens is 293 g/mol. The molecule has 2 aromatic rings. The molecule has 112 valence electrons. The van der Waals surface area contributed by atoms with E-state index in [-0.39, 0.29) is 18.5 Å². The topological polar surface area (TPSA) is 44.5 Å². The summed E-state index contributed by atoms with van der Waals surface area (Å²) in [6, 6.07) is 9.27. The Morgan fingerprint density at radius 3 is 2.57 bits per heavy atom. The molecule has 0 aliphatic heterocycles. The first kappa shape index (κ1) is 15.6. The van der Waals surface area contributed by atoms with Gasteiger partial charge in [-0.1, -0.05) is 11.6 Å². The molecule has 0 radical (unpaired) electrons. The summed E-state index contributed by atoms with van der Waals surface area (Å²) in [5.74, 6) is 0.896. The van der Waals surface area contributed by atoms with Crippen molar-refractivity contribution in [2.24, 2.45) is 5.73 Å². The summed E-state index contributed by atoms with van der Waals surface area (Å²) in [7, 11) is 1.58. The minimum atomic E-state index is -0.338. The lowest BCUT2D eigenvalue weighted by atomic mass is 10.1. The van der Waals surface area contributed by atoms with Crippen LogP contribution in [-0.4, -0.2) is 7.11 Å². The van der Waals surface area contributed by atoms with Gasteiger partial charge in [0, 0.05) is 22.2 Å². The zero-order valence-corrected chi connectivity index (χ0v) is 12.7. The molecule has 1 atom stereocenters. The van der Waals surface area contributed by atoms with Crippen LogP contribution >= 0.6 is 11.6 Å². The number of nitrogens with two attached hydrogens (primary N) is 1. The first-order valence-electron chi connectivity index (χ1n) is 6.51. The number of benzene rings is 2. The summed E-state index contributed by atoms with van der Waals surface area (Å²) in [6.45, 7) is 2.04. The fourth-order valence-electron chi connectivity index (χ4n) is 2.02. The second-order valence-electron chi connectivity index (χ2n) is 4.72. The molecule has 0 bridgehead atoms. The van der Waals surface area contributed by atoms with Gasteiger partial charge in [0.15, 0.2) is 0 Å². The van der Waals surface area contributed by atoms with Crippen LogP contribution in [0, 0.1) is 5.82 Å². The van der Waals surface area contributed by atoms with E-state index in [2.05, 4.69) is 0 Å². The van der Waals surface area contributed by atoms with Gasteiger partial charge >= 0.3 is 0 Å². The van der Waals surface area contributed by atoms with Crippen molar-refractivity contribution in [1.29, 1.82) is 0 Å². The quantitative estimate of drug-likeness (QED) is 0.905. The SMILES string of the molecule is COc1ccc(Cl)cc1COc1ccc(F)cc1[C@@H](C)N. The molecule has 2 rings (SSSR count). The summed E-state index contributed by atoms with van der Waals surface area (Å²) in [5, 5.41) is 0.598. The predicted molar refractivity (Wildman–Crippen MR) is 81.3 cm³/mol. The van der Waals surface area contributed by atoms with Gasteiger partial charge < -0.3 is 15.2 Å². The van der Waals surface area contributed by atoms with Gasteiger partial charge in [0.1, 0.15) is 23.9 Å². The maximum absolute atomic E-state index is 13.3. The van der Waals surface area contributed by atoms with Gasteiger partial charge in [0.2, 0.25) is 0 Å². The fourth-order valence-corrected chi connectivity index (χ4v) is 2.22. The van der Waals surface area contributed by atoms with Crippen molar-refractivity contribution in [1.82, 2.24) is 0 Å². The Bertz CT molecular complexity index is 632. The number of rotatable bonds is 5. The largest absolute Gasteiger partial charge is 0.496 e. The number of hydrogen-bond donors (Lipinski definition) is 1. The Morgan fingerprint density at radius 1 is 1.19 bits per heavy atom. The average molecular weight is 310 g/mol. The molecule has 2 aromatic carbocycles. The van der Waals surface area contributed by atoms with Crippen molar-refractivity contribution in [3.63, 3.8) is 0 Å². The van der Waals surface area contributed by atoms with Gasteiger partial charge in [-0.05, 0) is 43.3 Å². The average Bonchev–Trinajstić information content (AvgIpc) is 2.46. The lowest BCUT2D eigenvalue weighted by molar-refractivity contribution is 0.292. The highest BCUT2D eigenvalue weighted by atomic mass is 35.5. The van der Waals surface area contributed by atoms with Gasteiger partial charge in [0.25, 0.3) is 0 Å². The van der Waals surface area contributed by atoms with Gasteiger partial charge in [-0.2, -0.15) is 0 Å². The number of methoxy groups -OCH3 is 1. The summed E-state index contributed by atoms with van der Waals surface area (Å²) >= 11 is 5.98. The Balaban J connectivity index is 2.22. The normalized spacial score (nSPS) is 12.0. The third-order valence-electron chi connectivity index (χ3n) is 3.09. The Morgan fingerprint density at radius 2 is 1.90 bits per heavy atom. The maximum atomic E-state index is 13.3. The van der Waals surface area contributed by atoms with E-state index in [1.165, 1.54) is 12.1 Å². The van der Waals surface area contributed by atoms with E-state index in [9.17, 15) is 4.39 Å². The van der Waals surface area contributed by atoms with Crippen LogP contribution in [0.3, 0.4) is 0 Å². The molecule has 2 N–H and O–H groups in total. The molecule has 0 saturated heterocycles. The molecular formula is C16H17ClFNO2. The molecule has 0 aromatic heterocycles. The lowest BCUT2D eigenvalue weighted by Gasteiger charge is -2.15. The number of ether oxygens (including phenoxy) is 2. The third-order valence-corrected chi connectivity index (χ3v) is 3.32. The number of hydrogen-bond acceptors (Lipinski definition) is 3. The van der Waals surface area contributed by atoms with Crippen molar-refractivity contribution in [2.75, 3.05) is 7.11 Å². The van der Waals surface area contributed by atoms with Crippen LogP contribution in [0.25, 0.3) is 0 Å². The van der Waals surface area contributed by atoms with Gasteiger partial charge in [-0.15, -0.1) is 0 Å². The fraction of sp³-hybridized carbons (Fsp3) is 0.250. The molecule has 21 heavy (non-hydrogen) atoms. The highest BCUT2D eigenvalue weighted by Gasteiger charge is 2.11. The molecule has 0 fully saturated rings. The Labute approximate surface area is 128 Å². The third kappa shape index (κ3) is 3.86. The summed E-state index contributed by atoms with van der Waals surface area (Å²) in [6.07, 6.45) is 0. The monoisotopic (exact) mass is 309 g/mol. The van der Waals surface area contributed by atoms with E-state index in [1.807, 2.05) is 0 Å². The highest BCUT2D eigenvalue weighted by Crippen LogP contribution is 2.28. The van der Waals surface area contributed by atoms with Crippen LogP contribution < -0.4 is 15.2 Å².